The van der Waals surface area contributed by atoms with Crippen LogP contribution < -0.4 is 5.73 Å². The van der Waals surface area contributed by atoms with Gasteiger partial charge >= 0.3 is 0 Å². The van der Waals surface area contributed by atoms with E-state index in [0.29, 0.717) is 19.8 Å². The first-order chi connectivity index (χ1) is 7.81. The maximum atomic E-state index is 5.99. The quantitative estimate of drug-likeness (QED) is 0.730. The van der Waals surface area contributed by atoms with Crippen molar-refractivity contribution in [2.45, 2.75) is 31.9 Å². The molecular formula is C11H19N3O2. The van der Waals surface area contributed by atoms with Gasteiger partial charge in [-0.2, -0.15) is 0 Å². The van der Waals surface area contributed by atoms with Crippen LogP contribution >= 0.6 is 0 Å². The lowest BCUT2D eigenvalue weighted by atomic mass is 9.97. The number of rotatable bonds is 5. The number of aryl methyl sites for hydroxylation is 1. The van der Waals surface area contributed by atoms with Gasteiger partial charge < -0.3 is 20.2 Å². The van der Waals surface area contributed by atoms with E-state index >= 15 is 0 Å². The third kappa shape index (κ3) is 2.61. The largest absolute Gasteiger partial charge is 0.382 e. The number of aromatic amines is 1. The minimum absolute atomic E-state index is 0.0905. The van der Waals surface area contributed by atoms with Crippen molar-refractivity contribution >= 4 is 0 Å². The number of imidazole rings is 1. The van der Waals surface area contributed by atoms with E-state index in [4.69, 9.17) is 15.2 Å². The van der Waals surface area contributed by atoms with E-state index in [2.05, 4.69) is 9.97 Å². The van der Waals surface area contributed by atoms with Gasteiger partial charge in [-0.1, -0.05) is 0 Å². The molecule has 5 nitrogen and oxygen atoms in total. The molecule has 1 aliphatic rings. The summed E-state index contributed by atoms with van der Waals surface area (Å²) in [6.45, 7) is 1.71. The van der Waals surface area contributed by atoms with Gasteiger partial charge in [-0.3, -0.25) is 0 Å². The van der Waals surface area contributed by atoms with Crippen LogP contribution in [0.5, 0.6) is 0 Å². The van der Waals surface area contributed by atoms with Gasteiger partial charge in [0.05, 0.1) is 18.9 Å². The van der Waals surface area contributed by atoms with E-state index in [0.717, 1.165) is 30.8 Å². The van der Waals surface area contributed by atoms with Crippen molar-refractivity contribution in [3.05, 3.63) is 17.2 Å². The van der Waals surface area contributed by atoms with Crippen molar-refractivity contribution in [1.29, 1.82) is 0 Å². The fourth-order valence-corrected chi connectivity index (χ4v) is 1.99. The number of methoxy groups -OCH3 is 1. The van der Waals surface area contributed by atoms with Crippen LogP contribution in [-0.2, 0) is 22.5 Å². The summed E-state index contributed by atoms with van der Waals surface area (Å²) in [7, 11) is 1.66. The zero-order valence-corrected chi connectivity index (χ0v) is 9.66. The molecule has 0 amide bonds. The fourth-order valence-electron chi connectivity index (χ4n) is 1.99. The predicted octanol–water partition coefficient (Wildman–Crippen LogP) is 0.909. The number of nitrogens with zero attached hydrogens (tertiary/aromatic N) is 1. The smallest absolute Gasteiger partial charge is 0.132 e. The molecule has 1 aromatic heterocycles. The van der Waals surface area contributed by atoms with Crippen LogP contribution in [0.4, 0.5) is 0 Å². The highest BCUT2D eigenvalue weighted by molar-refractivity contribution is 5.20. The molecule has 1 unspecified atom stereocenters. The van der Waals surface area contributed by atoms with Gasteiger partial charge in [0.2, 0.25) is 0 Å². The molecule has 0 saturated carbocycles. The summed E-state index contributed by atoms with van der Waals surface area (Å²) >= 11 is 0. The van der Waals surface area contributed by atoms with Crippen LogP contribution in [0.3, 0.4) is 0 Å². The van der Waals surface area contributed by atoms with Crippen LogP contribution in [0.25, 0.3) is 0 Å². The standard InChI is InChI=1S/C11H19N3O2/c1-15-5-6-16-7-10-13-9-4-2-3-8(12)11(9)14-10/h8H,2-7,12H2,1H3,(H,13,14). The Hall–Kier alpha value is -0.910. The minimum Gasteiger partial charge on any atom is -0.382 e. The molecule has 0 aromatic carbocycles. The fraction of sp³-hybridized carbons (Fsp3) is 0.727. The van der Waals surface area contributed by atoms with Gasteiger partial charge in [-0.25, -0.2) is 4.98 Å². The van der Waals surface area contributed by atoms with Crippen LogP contribution in [0, 0.1) is 0 Å². The van der Waals surface area contributed by atoms with E-state index in [9.17, 15) is 0 Å². The molecule has 2 rings (SSSR count). The lowest BCUT2D eigenvalue weighted by molar-refractivity contribution is 0.0588. The summed E-state index contributed by atoms with van der Waals surface area (Å²) in [4.78, 5) is 7.77. The first kappa shape index (κ1) is 11.6. The Morgan fingerprint density at radius 3 is 3.12 bits per heavy atom. The van der Waals surface area contributed by atoms with E-state index in [1.54, 1.807) is 7.11 Å². The molecule has 90 valence electrons. The SMILES string of the molecule is COCCOCc1nc2c([nH]1)CCCC2N. The number of hydrogen-bond donors (Lipinski definition) is 2. The van der Waals surface area contributed by atoms with Crippen molar-refractivity contribution in [3.8, 4) is 0 Å². The highest BCUT2D eigenvalue weighted by atomic mass is 16.5. The van der Waals surface area contributed by atoms with Crippen molar-refractivity contribution in [3.63, 3.8) is 0 Å². The Kier molecular flexibility index (Phi) is 3.93. The van der Waals surface area contributed by atoms with Crippen LogP contribution in [0.15, 0.2) is 0 Å². The average molecular weight is 225 g/mol. The van der Waals surface area contributed by atoms with Gasteiger partial charge in [0.25, 0.3) is 0 Å². The molecule has 5 heteroatoms. The third-order valence-electron chi connectivity index (χ3n) is 2.82. The molecule has 0 bridgehead atoms. The third-order valence-corrected chi connectivity index (χ3v) is 2.82. The minimum atomic E-state index is 0.0905. The summed E-state index contributed by atoms with van der Waals surface area (Å²) < 4.78 is 10.3. The summed E-state index contributed by atoms with van der Waals surface area (Å²) in [6, 6.07) is 0.0905. The van der Waals surface area contributed by atoms with Crippen molar-refractivity contribution < 1.29 is 9.47 Å². The normalized spacial score (nSPS) is 19.8. The second-order valence-electron chi connectivity index (χ2n) is 4.09. The molecule has 0 radical (unpaired) electrons. The van der Waals surface area contributed by atoms with E-state index in [1.807, 2.05) is 0 Å². The van der Waals surface area contributed by atoms with Crippen molar-refractivity contribution in [2.24, 2.45) is 5.73 Å². The van der Waals surface area contributed by atoms with Gasteiger partial charge in [-0.05, 0) is 19.3 Å². The maximum absolute atomic E-state index is 5.99. The zero-order chi connectivity index (χ0) is 11.4. The maximum Gasteiger partial charge on any atom is 0.132 e. The number of aromatic nitrogens is 2. The molecule has 0 saturated heterocycles. The van der Waals surface area contributed by atoms with Crippen molar-refractivity contribution in [2.75, 3.05) is 20.3 Å². The van der Waals surface area contributed by atoms with E-state index < -0.39 is 0 Å². The lowest BCUT2D eigenvalue weighted by Gasteiger charge is -2.15. The lowest BCUT2D eigenvalue weighted by Crippen LogP contribution is -2.17. The van der Waals surface area contributed by atoms with E-state index in [-0.39, 0.29) is 6.04 Å². The number of nitrogens with one attached hydrogen (secondary N) is 1. The molecule has 0 fully saturated rings. The summed E-state index contributed by atoms with van der Waals surface area (Å²) in [6.07, 6.45) is 3.22. The highest BCUT2D eigenvalue weighted by Gasteiger charge is 2.20. The Labute approximate surface area is 95.3 Å². The number of H-pyrrole nitrogens is 1. The first-order valence-corrected chi connectivity index (χ1v) is 5.71. The molecule has 0 aliphatic heterocycles. The Bertz CT molecular complexity index is 338. The second-order valence-corrected chi connectivity index (χ2v) is 4.09. The Morgan fingerprint density at radius 1 is 1.50 bits per heavy atom. The average Bonchev–Trinajstić information content (AvgIpc) is 2.69. The van der Waals surface area contributed by atoms with Crippen LogP contribution in [0.1, 0.15) is 36.1 Å². The Balaban J connectivity index is 1.91. The topological polar surface area (TPSA) is 73.2 Å². The number of fused-ring (bicyclic) bond motifs is 1. The molecule has 1 aromatic rings. The van der Waals surface area contributed by atoms with Gasteiger partial charge in [0, 0.05) is 18.8 Å². The molecule has 16 heavy (non-hydrogen) atoms. The first-order valence-electron chi connectivity index (χ1n) is 5.71. The summed E-state index contributed by atoms with van der Waals surface area (Å²) in [5, 5.41) is 0. The van der Waals surface area contributed by atoms with E-state index in [1.165, 1.54) is 5.69 Å². The predicted molar refractivity (Wildman–Crippen MR) is 60.0 cm³/mol. The number of ether oxygens (including phenoxy) is 2. The highest BCUT2D eigenvalue weighted by Crippen LogP contribution is 2.25. The van der Waals surface area contributed by atoms with Crippen LogP contribution in [0.2, 0.25) is 0 Å². The number of hydrogen-bond acceptors (Lipinski definition) is 4. The van der Waals surface area contributed by atoms with Gasteiger partial charge in [0.15, 0.2) is 0 Å². The molecule has 1 atom stereocenters. The molecule has 0 spiro atoms. The van der Waals surface area contributed by atoms with Crippen molar-refractivity contribution in [1.82, 2.24) is 9.97 Å². The second kappa shape index (κ2) is 5.43. The summed E-state index contributed by atoms with van der Waals surface area (Å²) in [5.41, 5.74) is 8.20. The molecular weight excluding hydrogens is 206 g/mol. The number of nitrogens with two attached hydrogens (primary N) is 1. The monoisotopic (exact) mass is 225 g/mol. The summed E-state index contributed by atoms with van der Waals surface area (Å²) in [5.74, 6) is 0.874. The zero-order valence-electron chi connectivity index (χ0n) is 9.66. The van der Waals surface area contributed by atoms with Gasteiger partial charge in [0.1, 0.15) is 12.4 Å². The van der Waals surface area contributed by atoms with Gasteiger partial charge in [-0.15, -0.1) is 0 Å². The van der Waals surface area contributed by atoms with Crippen LogP contribution in [-0.4, -0.2) is 30.3 Å². The molecule has 3 N–H and O–H groups in total. The Morgan fingerprint density at radius 2 is 2.38 bits per heavy atom. The molecule has 1 aliphatic carbocycles. The molecule has 1 heterocycles.